The summed E-state index contributed by atoms with van der Waals surface area (Å²) >= 11 is 0. The van der Waals surface area contributed by atoms with Crippen molar-refractivity contribution in [2.75, 3.05) is 19.6 Å². The summed E-state index contributed by atoms with van der Waals surface area (Å²) < 4.78 is 0. The first-order valence-corrected chi connectivity index (χ1v) is 7.04. The van der Waals surface area contributed by atoms with E-state index in [1.165, 1.54) is 4.90 Å². The van der Waals surface area contributed by atoms with Crippen LogP contribution in [-0.2, 0) is 14.4 Å². The minimum absolute atomic E-state index is 0.120. The van der Waals surface area contributed by atoms with E-state index < -0.39 is 35.9 Å². The average molecular weight is 297 g/mol. The van der Waals surface area contributed by atoms with Gasteiger partial charge in [0.1, 0.15) is 12.1 Å². The summed E-state index contributed by atoms with van der Waals surface area (Å²) in [7, 11) is 0. The number of aliphatic carboxylic acids is 1. The number of carbonyl (C=O) groups is 4. The zero-order valence-electron chi connectivity index (χ0n) is 11.9. The Kier molecular flexibility index (Phi) is 4.15. The van der Waals surface area contributed by atoms with Crippen LogP contribution >= 0.6 is 0 Å². The Hall–Kier alpha value is -2.12. The summed E-state index contributed by atoms with van der Waals surface area (Å²) in [5.41, 5.74) is -1.20. The monoisotopic (exact) mass is 297 g/mol. The van der Waals surface area contributed by atoms with E-state index in [-0.39, 0.29) is 6.54 Å². The van der Waals surface area contributed by atoms with Gasteiger partial charge in [0.25, 0.3) is 5.91 Å². The van der Waals surface area contributed by atoms with Crippen LogP contribution in [0.15, 0.2) is 0 Å². The fourth-order valence-corrected chi connectivity index (χ4v) is 3.08. The van der Waals surface area contributed by atoms with Gasteiger partial charge >= 0.3 is 12.0 Å². The Bertz CT molecular complexity index is 476. The highest BCUT2D eigenvalue weighted by atomic mass is 16.4. The number of carboxylic acids is 1. The molecule has 21 heavy (non-hydrogen) atoms. The quantitative estimate of drug-likeness (QED) is 0.682. The maximum absolute atomic E-state index is 12.4. The second kappa shape index (κ2) is 5.71. The van der Waals surface area contributed by atoms with Gasteiger partial charge in [-0.2, -0.15) is 0 Å². The van der Waals surface area contributed by atoms with Gasteiger partial charge in [0.2, 0.25) is 5.91 Å². The number of hydrogen-bond donors (Lipinski definition) is 2. The van der Waals surface area contributed by atoms with E-state index in [2.05, 4.69) is 5.32 Å². The van der Waals surface area contributed by atoms with Gasteiger partial charge in [-0.15, -0.1) is 0 Å². The summed E-state index contributed by atoms with van der Waals surface area (Å²) in [4.78, 5) is 49.1. The lowest BCUT2D eigenvalue weighted by atomic mass is 9.90. The normalized spacial score (nSPS) is 25.4. The SMILES string of the molecule is CCCC1(C(=O)O)CCCN1C(=O)CN1C(=O)CNC1=O. The zero-order chi connectivity index (χ0) is 15.6. The highest BCUT2D eigenvalue weighted by Gasteiger charge is 2.49. The molecule has 4 amide bonds. The van der Waals surface area contributed by atoms with Crippen LogP contribution in [0.1, 0.15) is 32.6 Å². The van der Waals surface area contributed by atoms with Gasteiger partial charge in [-0.25, -0.2) is 9.59 Å². The standard InChI is InChI=1S/C13H19N3O5/c1-2-4-13(11(19)20)5-3-6-16(13)10(18)8-15-9(17)7-14-12(15)21/h2-8H2,1H3,(H,14,21)(H,19,20). The van der Waals surface area contributed by atoms with E-state index in [1.54, 1.807) is 0 Å². The second-order valence-electron chi connectivity index (χ2n) is 5.37. The molecule has 0 bridgehead atoms. The lowest BCUT2D eigenvalue weighted by Crippen LogP contribution is -2.55. The van der Waals surface area contributed by atoms with Crippen molar-refractivity contribution in [3.63, 3.8) is 0 Å². The maximum Gasteiger partial charge on any atom is 0.329 e. The number of nitrogens with one attached hydrogen (secondary N) is 1. The molecule has 8 nitrogen and oxygen atoms in total. The third-order valence-corrected chi connectivity index (χ3v) is 4.08. The van der Waals surface area contributed by atoms with Gasteiger partial charge in [-0.3, -0.25) is 14.5 Å². The van der Waals surface area contributed by atoms with Crippen LogP contribution in [0, 0.1) is 0 Å². The van der Waals surface area contributed by atoms with E-state index in [0.29, 0.717) is 32.2 Å². The maximum atomic E-state index is 12.4. The molecule has 2 rings (SSSR count). The van der Waals surface area contributed by atoms with Gasteiger partial charge in [0.15, 0.2) is 0 Å². The molecule has 0 aromatic carbocycles. The number of rotatable bonds is 5. The molecule has 0 saturated carbocycles. The third kappa shape index (κ3) is 2.57. The first-order chi connectivity index (χ1) is 9.92. The van der Waals surface area contributed by atoms with Crippen LogP contribution < -0.4 is 5.32 Å². The van der Waals surface area contributed by atoms with E-state index in [9.17, 15) is 24.3 Å². The molecule has 0 aliphatic carbocycles. The summed E-state index contributed by atoms with van der Waals surface area (Å²) in [5.74, 6) is -1.98. The van der Waals surface area contributed by atoms with Gasteiger partial charge in [0, 0.05) is 6.54 Å². The Balaban J connectivity index is 2.15. The molecule has 1 atom stereocenters. The lowest BCUT2D eigenvalue weighted by Gasteiger charge is -2.35. The number of hydrogen-bond acceptors (Lipinski definition) is 4. The molecule has 2 saturated heterocycles. The van der Waals surface area contributed by atoms with Crippen LogP contribution in [0.4, 0.5) is 4.79 Å². The fraction of sp³-hybridized carbons (Fsp3) is 0.692. The van der Waals surface area contributed by atoms with Gasteiger partial charge in [-0.1, -0.05) is 13.3 Å². The summed E-state index contributed by atoms with van der Waals surface area (Å²) in [6, 6.07) is -0.607. The molecule has 1 unspecified atom stereocenters. The Morgan fingerprint density at radius 2 is 2.10 bits per heavy atom. The topological polar surface area (TPSA) is 107 Å². The predicted molar refractivity (Wildman–Crippen MR) is 71.3 cm³/mol. The van der Waals surface area contributed by atoms with E-state index in [1.807, 2.05) is 6.92 Å². The van der Waals surface area contributed by atoms with Crippen molar-refractivity contribution in [2.24, 2.45) is 0 Å². The average Bonchev–Trinajstić information content (AvgIpc) is 2.98. The molecular formula is C13H19N3O5. The molecule has 8 heteroatoms. The molecule has 0 radical (unpaired) electrons. The van der Waals surface area contributed by atoms with Crippen LogP contribution in [0.2, 0.25) is 0 Å². The number of likely N-dealkylation sites (tertiary alicyclic amines) is 1. The minimum atomic E-state index is -1.20. The Labute approximate surface area is 122 Å². The molecule has 0 aromatic heterocycles. The molecule has 0 spiro atoms. The number of carbonyl (C=O) groups excluding carboxylic acids is 3. The largest absolute Gasteiger partial charge is 0.479 e. The summed E-state index contributed by atoms with van der Waals surface area (Å²) in [5, 5.41) is 11.9. The number of nitrogens with zero attached hydrogens (tertiary/aromatic N) is 2. The third-order valence-electron chi connectivity index (χ3n) is 4.08. The van der Waals surface area contributed by atoms with Crippen molar-refractivity contribution < 1.29 is 24.3 Å². The highest BCUT2D eigenvalue weighted by Crippen LogP contribution is 2.34. The molecule has 2 aliphatic heterocycles. The molecule has 0 aromatic rings. The zero-order valence-corrected chi connectivity index (χ0v) is 11.9. The molecular weight excluding hydrogens is 278 g/mol. The van der Waals surface area contributed by atoms with Gasteiger partial charge in [0.05, 0.1) is 6.54 Å². The smallest absolute Gasteiger partial charge is 0.329 e. The van der Waals surface area contributed by atoms with Crippen LogP contribution in [0.3, 0.4) is 0 Å². The fourth-order valence-electron chi connectivity index (χ4n) is 3.08. The molecule has 116 valence electrons. The Morgan fingerprint density at radius 1 is 1.38 bits per heavy atom. The van der Waals surface area contributed by atoms with Crippen LogP contribution in [0.5, 0.6) is 0 Å². The lowest BCUT2D eigenvalue weighted by molar-refractivity contribution is -0.157. The van der Waals surface area contributed by atoms with Crippen LogP contribution in [0.25, 0.3) is 0 Å². The number of urea groups is 1. The highest BCUT2D eigenvalue weighted by molar-refractivity contribution is 6.04. The Morgan fingerprint density at radius 3 is 2.62 bits per heavy atom. The molecule has 2 heterocycles. The van der Waals surface area contributed by atoms with Gasteiger partial charge in [-0.05, 0) is 19.3 Å². The number of carboxylic acid groups (broad SMARTS) is 1. The van der Waals surface area contributed by atoms with Crippen molar-refractivity contribution in [2.45, 2.75) is 38.1 Å². The van der Waals surface area contributed by atoms with Crippen molar-refractivity contribution >= 4 is 23.8 Å². The van der Waals surface area contributed by atoms with Crippen molar-refractivity contribution in [1.82, 2.24) is 15.1 Å². The predicted octanol–water partition coefficient (Wildman–Crippen LogP) is -0.216. The molecule has 2 fully saturated rings. The summed E-state index contributed by atoms with van der Waals surface area (Å²) in [6.07, 6.45) is 2.02. The number of amides is 4. The van der Waals surface area contributed by atoms with E-state index in [4.69, 9.17) is 0 Å². The first kappa shape index (κ1) is 15.3. The summed E-state index contributed by atoms with van der Waals surface area (Å²) in [6.45, 7) is 1.69. The van der Waals surface area contributed by atoms with Crippen molar-refractivity contribution in [1.29, 1.82) is 0 Å². The molecule has 2 N–H and O–H groups in total. The van der Waals surface area contributed by atoms with E-state index >= 15 is 0 Å². The first-order valence-electron chi connectivity index (χ1n) is 7.04. The minimum Gasteiger partial charge on any atom is -0.479 e. The number of imide groups is 1. The van der Waals surface area contributed by atoms with Crippen molar-refractivity contribution in [3.8, 4) is 0 Å². The van der Waals surface area contributed by atoms with E-state index in [0.717, 1.165) is 4.90 Å². The van der Waals surface area contributed by atoms with Crippen molar-refractivity contribution in [3.05, 3.63) is 0 Å². The molecule has 2 aliphatic rings. The van der Waals surface area contributed by atoms with Crippen LogP contribution in [-0.4, -0.2) is 63.9 Å². The van der Waals surface area contributed by atoms with Gasteiger partial charge < -0.3 is 15.3 Å². The second-order valence-corrected chi connectivity index (χ2v) is 5.37.